The van der Waals surface area contributed by atoms with E-state index in [4.69, 9.17) is 4.74 Å². The van der Waals surface area contributed by atoms with Crippen LogP contribution in [-0.4, -0.2) is 25.1 Å². The van der Waals surface area contributed by atoms with Gasteiger partial charge in [-0.2, -0.15) is 0 Å². The number of amides is 1. The molecule has 0 unspecified atom stereocenters. The number of nitrogens with one attached hydrogen (secondary N) is 1. The summed E-state index contributed by atoms with van der Waals surface area (Å²) >= 11 is 0. The summed E-state index contributed by atoms with van der Waals surface area (Å²) in [6.45, 7) is 11.1. The lowest BCUT2D eigenvalue weighted by molar-refractivity contribution is -0.127. The van der Waals surface area contributed by atoms with Gasteiger partial charge in [-0.1, -0.05) is 45.0 Å². The predicted molar refractivity (Wildman–Crippen MR) is 115 cm³/mol. The lowest BCUT2D eigenvalue weighted by Crippen LogP contribution is -2.35. The summed E-state index contributed by atoms with van der Waals surface area (Å²) in [7, 11) is 0. The SMILES string of the molecule is C[C@@H](Oc1ccc(C(C)(C)C)cc1)C(=O)NCc1ccc(N2CCCC2)cc1. The van der Waals surface area contributed by atoms with Crippen LogP contribution in [0.3, 0.4) is 0 Å². The van der Waals surface area contributed by atoms with Gasteiger partial charge < -0.3 is 15.0 Å². The average molecular weight is 381 g/mol. The van der Waals surface area contributed by atoms with Gasteiger partial charge in [0.1, 0.15) is 5.75 Å². The molecular formula is C24H32N2O2. The van der Waals surface area contributed by atoms with Gasteiger partial charge in [0.15, 0.2) is 6.10 Å². The van der Waals surface area contributed by atoms with Crippen molar-refractivity contribution in [2.45, 2.75) is 58.6 Å². The highest BCUT2D eigenvalue weighted by molar-refractivity contribution is 5.80. The zero-order chi connectivity index (χ0) is 20.1. The first kappa shape index (κ1) is 20.2. The smallest absolute Gasteiger partial charge is 0.261 e. The van der Waals surface area contributed by atoms with Gasteiger partial charge in [0, 0.05) is 25.3 Å². The molecule has 0 saturated carbocycles. The third-order valence-electron chi connectivity index (χ3n) is 5.28. The average Bonchev–Trinajstić information content (AvgIpc) is 3.21. The maximum atomic E-state index is 12.4. The molecule has 1 N–H and O–H groups in total. The van der Waals surface area contributed by atoms with Crippen LogP contribution < -0.4 is 15.0 Å². The van der Waals surface area contributed by atoms with Crippen LogP contribution in [0.15, 0.2) is 48.5 Å². The van der Waals surface area contributed by atoms with E-state index >= 15 is 0 Å². The van der Waals surface area contributed by atoms with Crippen molar-refractivity contribution >= 4 is 11.6 Å². The van der Waals surface area contributed by atoms with Crippen molar-refractivity contribution in [3.8, 4) is 5.75 Å². The molecule has 0 spiro atoms. The summed E-state index contributed by atoms with van der Waals surface area (Å²) in [6, 6.07) is 16.4. The van der Waals surface area contributed by atoms with Crippen molar-refractivity contribution in [2.75, 3.05) is 18.0 Å². The molecule has 150 valence electrons. The van der Waals surface area contributed by atoms with Crippen LogP contribution in [0.1, 0.15) is 51.7 Å². The Kier molecular flexibility index (Phi) is 6.28. The molecule has 0 aromatic heterocycles. The molecule has 2 aromatic rings. The van der Waals surface area contributed by atoms with E-state index in [9.17, 15) is 4.79 Å². The maximum Gasteiger partial charge on any atom is 0.261 e. The Hall–Kier alpha value is -2.49. The van der Waals surface area contributed by atoms with Crippen molar-refractivity contribution in [1.29, 1.82) is 0 Å². The molecule has 0 bridgehead atoms. The van der Waals surface area contributed by atoms with Crippen molar-refractivity contribution in [3.63, 3.8) is 0 Å². The van der Waals surface area contributed by atoms with Gasteiger partial charge in [-0.3, -0.25) is 4.79 Å². The monoisotopic (exact) mass is 380 g/mol. The van der Waals surface area contributed by atoms with Gasteiger partial charge in [0.2, 0.25) is 0 Å². The fourth-order valence-corrected chi connectivity index (χ4v) is 3.42. The van der Waals surface area contributed by atoms with Crippen molar-refractivity contribution in [2.24, 2.45) is 0 Å². The molecule has 0 radical (unpaired) electrons. The van der Waals surface area contributed by atoms with E-state index in [0.29, 0.717) is 12.3 Å². The zero-order valence-electron chi connectivity index (χ0n) is 17.5. The Morgan fingerprint density at radius 2 is 1.64 bits per heavy atom. The summed E-state index contributed by atoms with van der Waals surface area (Å²) in [4.78, 5) is 14.8. The highest BCUT2D eigenvalue weighted by atomic mass is 16.5. The molecule has 3 rings (SSSR count). The lowest BCUT2D eigenvalue weighted by Gasteiger charge is -2.20. The molecule has 4 nitrogen and oxygen atoms in total. The quantitative estimate of drug-likeness (QED) is 0.792. The van der Waals surface area contributed by atoms with E-state index < -0.39 is 6.10 Å². The molecule has 1 fully saturated rings. The molecule has 0 aliphatic carbocycles. The van der Waals surface area contributed by atoms with Crippen molar-refractivity contribution in [1.82, 2.24) is 5.32 Å². The number of anilines is 1. The minimum absolute atomic E-state index is 0.103. The van der Waals surface area contributed by atoms with Gasteiger partial charge in [0.05, 0.1) is 0 Å². The molecule has 1 atom stereocenters. The Bertz CT molecular complexity index is 770. The minimum atomic E-state index is -0.538. The van der Waals surface area contributed by atoms with Gasteiger partial charge in [-0.25, -0.2) is 0 Å². The molecule has 28 heavy (non-hydrogen) atoms. The summed E-state index contributed by atoms with van der Waals surface area (Å²) in [6.07, 6.45) is 2.01. The summed E-state index contributed by atoms with van der Waals surface area (Å²) in [5, 5.41) is 2.97. The minimum Gasteiger partial charge on any atom is -0.481 e. The second kappa shape index (κ2) is 8.68. The third kappa shape index (κ3) is 5.28. The van der Waals surface area contributed by atoms with Crippen molar-refractivity contribution in [3.05, 3.63) is 59.7 Å². The topological polar surface area (TPSA) is 41.6 Å². The van der Waals surface area contributed by atoms with Crippen LogP contribution in [-0.2, 0) is 16.8 Å². The Morgan fingerprint density at radius 3 is 2.21 bits per heavy atom. The first-order chi connectivity index (χ1) is 13.3. The van der Waals surface area contributed by atoms with Gasteiger partial charge >= 0.3 is 0 Å². The molecule has 1 aliphatic heterocycles. The second-order valence-electron chi connectivity index (χ2n) is 8.61. The number of carbonyl (C=O) groups is 1. The molecule has 1 aliphatic rings. The van der Waals surface area contributed by atoms with E-state index in [1.54, 1.807) is 6.92 Å². The number of benzene rings is 2. The zero-order valence-corrected chi connectivity index (χ0v) is 17.5. The van der Waals surface area contributed by atoms with Crippen LogP contribution >= 0.6 is 0 Å². The second-order valence-corrected chi connectivity index (χ2v) is 8.61. The summed E-state index contributed by atoms with van der Waals surface area (Å²) in [5.74, 6) is 0.606. The van der Waals surface area contributed by atoms with Gasteiger partial charge in [0.25, 0.3) is 5.91 Å². The first-order valence-corrected chi connectivity index (χ1v) is 10.2. The number of carbonyl (C=O) groups excluding carboxylic acids is 1. The van der Waals surface area contributed by atoms with Crippen LogP contribution in [0.5, 0.6) is 5.75 Å². The largest absolute Gasteiger partial charge is 0.481 e. The highest BCUT2D eigenvalue weighted by Gasteiger charge is 2.17. The van der Waals surface area contributed by atoms with E-state index in [1.165, 1.54) is 24.1 Å². The van der Waals surface area contributed by atoms with Crippen LogP contribution in [0.25, 0.3) is 0 Å². The summed E-state index contributed by atoms with van der Waals surface area (Å²) in [5.41, 5.74) is 3.71. The van der Waals surface area contributed by atoms with Gasteiger partial charge in [-0.05, 0) is 60.6 Å². The maximum absolute atomic E-state index is 12.4. The molecule has 2 aromatic carbocycles. The normalized spacial score (nSPS) is 15.4. The van der Waals surface area contributed by atoms with Gasteiger partial charge in [-0.15, -0.1) is 0 Å². The lowest BCUT2D eigenvalue weighted by atomic mass is 9.87. The third-order valence-corrected chi connectivity index (χ3v) is 5.28. The van der Waals surface area contributed by atoms with Crippen LogP contribution in [0.2, 0.25) is 0 Å². The highest BCUT2D eigenvalue weighted by Crippen LogP contribution is 2.25. The Labute approximate surface area is 168 Å². The standard InChI is InChI=1S/C24H32N2O2/c1-18(28-22-13-9-20(10-14-22)24(2,3)4)23(27)25-17-19-7-11-21(12-8-19)26-15-5-6-16-26/h7-14,18H,5-6,15-17H2,1-4H3,(H,25,27)/t18-/m1/s1. The predicted octanol–water partition coefficient (Wildman–Crippen LogP) is 4.67. The number of hydrogen-bond acceptors (Lipinski definition) is 3. The van der Waals surface area contributed by atoms with E-state index in [1.807, 2.05) is 12.1 Å². The van der Waals surface area contributed by atoms with E-state index in [0.717, 1.165) is 18.7 Å². The van der Waals surface area contributed by atoms with E-state index in [-0.39, 0.29) is 11.3 Å². The fraction of sp³-hybridized carbons (Fsp3) is 0.458. The van der Waals surface area contributed by atoms with E-state index in [2.05, 4.69) is 67.4 Å². The molecule has 1 amide bonds. The fourth-order valence-electron chi connectivity index (χ4n) is 3.42. The Balaban J connectivity index is 1.48. The Morgan fingerprint density at radius 1 is 1.04 bits per heavy atom. The van der Waals surface area contributed by atoms with Crippen LogP contribution in [0, 0.1) is 0 Å². The number of hydrogen-bond donors (Lipinski definition) is 1. The summed E-state index contributed by atoms with van der Waals surface area (Å²) < 4.78 is 5.80. The number of ether oxygens (including phenoxy) is 1. The number of nitrogens with zero attached hydrogens (tertiary/aromatic N) is 1. The van der Waals surface area contributed by atoms with Crippen molar-refractivity contribution < 1.29 is 9.53 Å². The molecule has 1 heterocycles. The molecule has 1 saturated heterocycles. The molecular weight excluding hydrogens is 348 g/mol. The molecule has 4 heteroatoms. The van der Waals surface area contributed by atoms with Crippen LogP contribution in [0.4, 0.5) is 5.69 Å². The first-order valence-electron chi connectivity index (χ1n) is 10.2. The number of rotatable bonds is 6.